The van der Waals surface area contributed by atoms with Gasteiger partial charge >= 0.3 is 19.8 Å². The van der Waals surface area contributed by atoms with Gasteiger partial charge in [-0.2, -0.15) is 0 Å². The zero-order chi connectivity index (χ0) is 36.1. The number of phosphoric acid groups is 1. The van der Waals surface area contributed by atoms with Gasteiger partial charge in [0.1, 0.15) is 6.61 Å². The Labute approximate surface area is 300 Å². The fraction of sp³-hybridized carbons (Fsp3) is 0.850. The topological polar surface area (TPSA) is 119 Å². The van der Waals surface area contributed by atoms with Crippen LogP contribution in [0.3, 0.4) is 0 Å². The number of carbonyl (C=O) groups is 2. The summed E-state index contributed by atoms with van der Waals surface area (Å²) in [6.45, 7) is 3.66. The highest BCUT2D eigenvalue weighted by Crippen LogP contribution is 2.36. The van der Waals surface area contributed by atoms with Gasteiger partial charge in [0.2, 0.25) is 0 Å². The quantitative estimate of drug-likeness (QED) is 0.0282. The Balaban J connectivity index is 3.88. The van der Waals surface area contributed by atoms with Gasteiger partial charge in [-0.25, -0.2) is 4.57 Å². The van der Waals surface area contributed by atoms with E-state index in [4.69, 9.17) is 19.3 Å². The minimum atomic E-state index is -4.75. The molecule has 0 aliphatic rings. The predicted octanol–water partition coefficient (Wildman–Crippen LogP) is 12.0. The fourth-order valence-electron chi connectivity index (χ4n) is 5.70. The zero-order valence-electron chi connectivity index (χ0n) is 31.6. The second kappa shape index (κ2) is 36.3. The number of allylic oxidation sites excluding steroid dienone is 4. The summed E-state index contributed by atoms with van der Waals surface area (Å²) < 4.78 is 26.3. The van der Waals surface area contributed by atoms with E-state index in [1.54, 1.807) is 0 Å². The van der Waals surface area contributed by atoms with Crippen LogP contribution in [0.15, 0.2) is 24.3 Å². The lowest BCUT2D eigenvalue weighted by molar-refractivity contribution is -0.161. The normalized spacial score (nSPS) is 12.7. The molecule has 0 amide bonds. The van der Waals surface area contributed by atoms with Gasteiger partial charge in [-0.3, -0.25) is 14.1 Å². The van der Waals surface area contributed by atoms with Crippen molar-refractivity contribution in [1.82, 2.24) is 0 Å². The molecule has 9 heteroatoms. The number of rotatable bonds is 37. The Morgan fingerprint density at radius 1 is 0.531 bits per heavy atom. The fourth-order valence-corrected chi connectivity index (χ4v) is 6.06. The van der Waals surface area contributed by atoms with Crippen molar-refractivity contribution >= 4 is 19.8 Å². The minimum Gasteiger partial charge on any atom is -0.462 e. The lowest BCUT2D eigenvalue weighted by Gasteiger charge is -2.18. The van der Waals surface area contributed by atoms with Crippen molar-refractivity contribution in [2.45, 2.75) is 206 Å². The van der Waals surface area contributed by atoms with Gasteiger partial charge in [-0.1, -0.05) is 167 Å². The van der Waals surface area contributed by atoms with Gasteiger partial charge in [0.05, 0.1) is 6.61 Å². The van der Waals surface area contributed by atoms with Gasteiger partial charge in [-0.15, -0.1) is 0 Å². The Hall–Kier alpha value is -1.47. The average Bonchev–Trinajstić information content (AvgIpc) is 3.07. The molecule has 8 nitrogen and oxygen atoms in total. The van der Waals surface area contributed by atoms with E-state index in [1.807, 2.05) is 0 Å². The molecule has 0 saturated heterocycles. The largest absolute Gasteiger partial charge is 0.469 e. The maximum atomic E-state index is 12.4. The lowest BCUT2D eigenvalue weighted by Crippen LogP contribution is -2.29. The molecule has 0 aliphatic heterocycles. The first-order valence-corrected chi connectivity index (χ1v) is 21.7. The van der Waals surface area contributed by atoms with Crippen LogP contribution in [-0.2, 0) is 28.2 Å². The summed E-state index contributed by atoms with van der Waals surface area (Å²) >= 11 is 0. The standard InChI is InChI=1S/C40H75O8P/c1-3-5-7-9-11-13-15-16-17-18-19-20-21-22-23-24-25-27-29-31-33-35-40(42)48-38(37-47-49(43,44)45)36-46-39(41)34-32-30-28-26-14-12-10-8-6-4-2/h15-16,18-19,38H,3-14,17,20-37H2,1-2H3,(H2,43,44,45)/b16-15-,19-18-. The van der Waals surface area contributed by atoms with E-state index in [-0.39, 0.29) is 19.4 Å². The molecule has 0 radical (unpaired) electrons. The van der Waals surface area contributed by atoms with Gasteiger partial charge in [0.25, 0.3) is 0 Å². The SMILES string of the molecule is CCCCCCC/C=C\C/C=C\CCCCCCCCCCCC(=O)OC(COC(=O)CCCCCCCCCCCC)COP(=O)(O)O. The Kier molecular flexibility index (Phi) is 35.2. The number of hydrogen-bond acceptors (Lipinski definition) is 6. The molecule has 288 valence electrons. The highest BCUT2D eigenvalue weighted by molar-refractivity contribution is 7.46. The summed E-state index contributed by atoms with van der Waals surface area (Å²) in [5.74, 6) is -0.886. The van der Waals surface area contributed by atoms with Crippen LogP contribution in [0, 0.1) is 0 Å². The molecule has 0 aromatic rings. The van der Waals surface area contributed by atoms with Crippen molar-refractivity contribution in [2.24, 2.45) is 0 Å². The van der Waals surface area contributed by atoms with E-state index in [9.17, 15) is 14.2 Å². The van der Waals surface area contributed by atoms with Crippen LogP contribution < -0.4 is 0 Å². The minimum absolute atomic E-state index is 0.210. The van der Waals surface area contributed by atoms with E-state index in [1.165, 1.54) is 116 Å². The maximum Gasteiger partial charge on any atom is 0.469 e. The molecule has 0 bridgehead atoms. The van der Waals surface area contributed by atoms with Crippen molar-refractivity contribution in [3.63, 3.8) is 0 Å². The first kappa shape index (κ1) is 47.5. The second-order valence-corrected chi connectivity index (χ2v) is 14.9. The summed E-state index contributed by atoms with van der Waals surface area (Å²) in [5.41, 5.74) is 0. The van der Waals surface area contributed by atoms with Crippen LogP contribution in [-0.4, -0.2) is 41.0 Å². The lowest BCUT2D eigenvalue weighted by atomic mass is 10.1. The van der Waals surface area contributed by atoms with E-state index in [2.05, 4.69) is 42.7 Å². The molecule has 0 rings (SSSR count). The number of phosphoric ester groups is 1. The second-order valence-electron chi connectivity index (χ2n) is 13.6. The van der Waals surface area contributed by atoms with E-state index < -0.39 is 32.5 Å². The van der Waals surface area contributed by atoms with Crippen molar-refractivity contribution < 1.29 is 37.9 Å². The summed E-state index contributed by atoms with van der Waals surface area (Å²) in [4.78, 5) is 42.7. The van der Waals surface area contributed by atoms with Crippen LogP contribution in [0.1, 0.15) is 200 Å². The molecule has 0 spiro atoms. The van der Waals surface area contributed by atoms with Gasteiger partial charge in [0, 0.05) is 12.8 Å². The van der Waals surface area contributed by atoms with Gasteiger partial charge in [0.15, 0.2) is 6.10 Å². The van der Waals surface area contributed by atoms with E-state index in [0.29, 0.717) is 6.42 Å². The molecule has 0 heterocycles. The summed E-state index contributed by atoms with van der Waals surface area (Å²) in [6.07, 6.45) is 40.5. The summed E-state index contributed by atoms with van der Waals surface area (Å²) in [6, 6.07) is 0. The molecule has 0 saturated carbocycles. The summed E-state index contributed by atoms with van der Waals surface area (Å²) in [7, 11) is -4.75. The Morgan fingerprint density at radius 3 is 1.35 bits per heavy atom. The summed E-state index contributed by atoms with van der Waals surface area (Å²) in [5, 5.41) is 0. The molecule has 2 N–H and O–H groups in total. The third kappa shape index (κ3) is 39.2. The molecule has 0 fully saturated rings. The molecule has 0 aromatic carbocycles. The van der Waals surface area contributed by atoms with Crippen molar-refractivity contribution in [3.8, 4) is 0 Å². The van der Waals surface area contributed by atoms with Crippen LogP contribution >= 0.6 is 7.82 Å². The molecule has 1 atom stereocenters. The highest BCUT2D eigenvalue weighted by Gasteiger charge is 2.22. The molecule has 0 aromatic heterocycles. The highest BCUT2D eigenvalue weighted by atomic mass is 31.2. The number of unbranched alkanes of at least 4 members (excludes halogenated alkanes) is 23. The van der Waals surface area contributed by atoms with Gasteiger partial charge < -0.3 is 19.3 Å². The third-order valence-corrected chi connectivity index (χ3v) is 9.21. The monoisotopic (exact) mass is 715 g/mol. The predicted molar refractivity (Wildman–Crippen MR) is 202 cm³/mol. The van der Waals surface area contributed by atoms with E-state index in [0.717, 1.165) is 51.4 Å². The number of esters is 2. The van der Waals surface area contributed by atoms with Crippen molar-refractivity contribution in [2.75, 3.05) is 13.2 Å². The molecular weight excluding hydrogens is 639 g/mol. The maximum absolute atomic E-state index is 12.4. The van der Waals surface area contributed by atoms with Crippen LogP contribution in [0.5, 0.6) is 0 Å². The first-order valence-electron chi connectivity index (χ1n) is 20.1. The number of hydrogen-bond donors (Lipinski definition) is 2. The molecule has 1 unspecified atom stereocenters. The van der Waals surface area contributed by atoms with Gasteiger partial charge in [-0.05, 0) is 44.9 Å². The van der Waals surface area contributed by atoms with Crippen molar-refractivity contribution in [1.29, 1.82) is 0 Å². The Bertz CT molecular complexity index is 853. The number of ether oxygens (including phenoxy) is 2. The van der Waals surface area contributed by atoms with Crippen LogP contribution in [0.25, 0.3) is 0 Å². The molecule has 0 aliphatic carbocycles. The Morgan fingerprint density at radius 2 is 0.918 bits per heavy atom. The van der Waals surface area contributed by atoms with E-state index >= 15 is 0 Å². The first-order chi connectivity index (χ1) is 23.8. The van der Waals surface area contributed by atoms with Crippen LogP contribution in [0.2, 0.25) is 0 Å². The molecule has 49 heavy (non-hydrogen) atoms. The van der Waals surface area contributed by atoms with Crippen molar-refractivity contribution in [3.05, 3.63) is 24.3 Å². The van der Waals surface area contributed by atoms with Crippen LogP contribution in [0.4, 0.5) is 0 Å². The third-order valence-electron chi connectivity index (χ3n) is 8.72. The average molecular weight is 715 g/mol. The molecular formula is C40H75O8P. The number of carbonyl (C=O) groups excluding carboxylic acids is 2. The smallest absolute Gasteiger partial charge is 0.462 e. The zero-order valence-corrected chi connectivity index (χ0v) is 32.5.